The summed E-state index contributed by atoms with van der Waals surface area (Å²) in [6.07, 6.45) is 0.381. The molecule has 1 N–H and O–H groups in total. The van der Waals surface area contributed by atoms with Crippen molar-refractivity contribution in [2.45, 2.75) is 26.4 Å². The van der Waals surface area contributed by atoms with Gasteiger partial charge in [0, 0.05) is 4.47 Å². The molecule has 0 bridgehead atoms. The Balaban J connectivity index is 2.18. The molecule has 0 heterocycles. The second-order valence-electron chi connectivity index (χ2n) is 4.82. The standard InChI is InChI=1S/C17H19BrO2/c1-3-10-20-15-7-4-13(5-8-15)17(19)16-9-6-14(18)11-12(16)2/h4-9,11,17,19H,3,10H2,1-2H3. The molecule has 0 amide bonds. The zero-order valence-electron chi connectivity index (χ0n) is 11.8. The van der Waals surface area contributed by atoms with Crippen molar-refractivity contribution in [1.29, 1.82) is 0 Å². The molecule has 2 nitrogen and oxygen atoms in total. The fourth-order valence-electron chi connectivity index (χ4n) is 2.09. The fourth-order valence-corrected chi connectivity index (χ4v) is 2.57. The molecule has 20 heavy (non-hydrogen) atoms. The average molecular weight is 335 g/mol. The van der Waals surface area contributed by atoms with Gasteiger partial charge in [-0.25, -0.2) is 0 Å². The molecule has 2 aromatic rings. The monoisotopic (exact) mass is 334 g/mol. The Bertz CT molecular complexity index is 564. The van der Waals surface area contributed by atoms with Gasteiger partial charge in [0.2, 0.25) is 0 Å². The highest BCUT2D eigenvalue weighted by Gasteiger charge is 2.13. The number of hydrogen-bond acceptors (Lipinski definition) is 2. The number of benzene rings is 2. The van der Waals surface area contributed by atoms with Gasteiger partial charge in [-0.2, -0.15) is 0 Å². The van der Waals surface area contributed by atoms with Crippen molar-refractivity contribution in [1.82, 2.24) is 0 Å². The number of aliphatic hydroxyl groups excluding tert-OH is 1. The Hall–Kier alpha value is -1.32. The molecule has 2 rings (SSSR count). The molecule has 0 radical (unpaired) electrons. The highest BCUT2D eigenvalue weighted by atomic mass is 79.9. The van der Waals surface area contributed by atoms with E-state index in [0.29, 0.717) is 6.61 Å². The number of ether oxygens (including phenoxy) is 1. The maximum absolute atomic E-state index is 10.5. The van der Waals surface area contributed by atoms with Crippen LogP contribution in [0, 0.1) is 6.92 Å². The third-order valence-corrected chi connectivity index (χ3v) is 3.69. The van der Waals surface area contributed by atoms with Crippen molar-refractivity contribution in [2.75, 3.05) is 6.61 Å². The highest BCUT2D eigenvalue weighted by molar-refractivity contribution is 9.10. The van der Waals surface area contributed by atoms with E-state index >= 15 is 0 Å². The predicted octanol–water partition coefficient (Wildman–Crippen LogP) is 4.63. The Labute approximate surface area is 128 Å². The highest BCUT2D eigenvalue weighted by Crippen LogP contribution is 2.28. The van der Waals surface area contributed by atoms with Crippen LogP contribution in [0.5, 0.6) is 5.75 Å². The maximum atomic E-state index is 10.5. The zero-order valence-corrected chi connectivity index (χ0v) is 13.4. The first-order valence-electron chi connectivity index (χ1n) is 6.78. The number of aryl methyl sites for hydroxylation is 1. The number of aliphatic hydroxyl groups is 1. The van der Waals surface area contributed by atoms with E-state index in [-0.39, 0.29) is 0 Å². The van der Waals surface area contributed by atoms with Gasteiger partial charge in [-0.15, -0.1) is 0 Å². The van der Waals surface area contributed by atoms with Crippen molar-refractivity contribution >= 4 is 15.9 Å². The summed E-state index contributed by atoms with van der Waals surface area (Å²) in [6.45, 7) is 4.80. The first-order chi connectivity index (χ1) is 9.61. The maximum Gasteiger partial charge on any atom is 0.119 e. The van der Waals surface area contributed by atoms with Crippen LogP contribution >= 0.6 is 15.9 Å². The summed E-state index contributed by atoms with van der Waals surface area (Å²) in [5.74, 6) is 0.843. The van der Waals surface area contributed by atoms with Gasteiger partial charge in [-0.05, 0) is 54.3 Å². The van der Waals surface area contributed by atoms with Crippen LogP contribution in [0.4, 0.5) is 0 Å². The molecule has 0 spiro atoms. The molecule has 0 saturated carbocycles. The van der Waals surface area contributed by atoms with E-state index in [0.717, 1.165) is 33.3 Å². The Kier molecular flexibility index (Phi) is 5.21. The molecule has 3 heteroatoms. The van der Waals surface area contributed by atoms with E-state index in [1.54, 1.807) is 0 Å². The van der Waals surface area contributed by atoms with Crippen LogP contribution in [0.15, 0.2) is 46.9 Å². The van der Waals surface area contributed by atoms with Crippen molar-refractivity contribution in [3.63, 3.8) is 0 Å². The van der Waals surface area contributed by atoms with E-state index in [1.807, 2.05) is 49.4 Å². The lowest BCUT2D eigenvalue weighted by atomic mass is 9.97. The summed E-state index contributed by atoms with van der Waals surface area (Å²) in [7, 11) is 0. The van der Waals surface area contributed by atoms with Gasteiger partial charge in [0.25, 0.3) is 0 Å². The molecule has 1 atom stereocenters. The van der Waals surface area contributed by atoms with Crippen molar-refractivity contribution in [3.8, 4) is 5.75 Å². The summed E-state index contributed by atoms with van der Waals surface area (Å²) >= 11 is 3.44. The Morgan fingerprint density at radius 1 is 1.15 bits per heavy atom. The van der Waals surface area contributed by atoms with Crippen molar-refractivity contribution in [3.05, 3.63) is 63.6 Å². The van der Waals surface area contributed by atoms with Crippen LogP contribution < -0.4 is 4.74 Å². The van der Waals surface area contributed by atoms with Gasteiger partial charge in [-0.1, -0.05) is 41.1 Å². The van der Waals surface area contributed by atoms with Crippen LogP contribution in [-0.4, -0.2) is 11.7 Å². The minimum absolute atomic E-state index is 0.608. The summed E-state index contributed by atoms with van der Waals surface area (Å²) in [6, 6.07) is 13.5. The lowest BCUT2D eigenvalue weighted by Gasteiger charge is -2.15. The molecule has 1 unspecified atom stereocenters. The third kappa shape index (κ3) is 3.62. The number of halogens is 1. The number of rotatable bonds is 5. The van der Waals surface area contributed by atoms with E-state index in [4.69, 9.17) is 4.74 Å². The van der Waals surface area contributed by atoms with E-state index in [2.05, 4.69) is 22.9 Å². The lowest BCUT2D eigenvalue weighted by Crippen LogP contribution is -2.02. The van der Waals surface area contributed by atoms with Crippen LogP contribution in [0.25, 0.3) is 0 Å². The number of hydrogen-bond donors (Lipinski definition) is 1. The summed E-state index contributed by atoms with van der Waals surface area (Å²) in [5.41, 5.74) is 2.87. The van der Waals surface area contributed by atoms with Gasteiger partial charge in [0.15, 0.2) is 0 Å². The van der Waals surface area contributed by atoms with E-state index in [1.165, 1.54) is 0 Å². The van der Waals surface area contributed by atoms with Crippen LogP contribution in [0.1, 0.15) is 36.1 Å². The minimum Gasteiger partial charge on any atom is -0.494 e. The molecule has 0 aromatic heterocycles. The third-order valence-electron chi connectivity index (χ3n) is 3.20. The van der Waals surface area contributed by atoms with Gasteiger partial charge in [-0.3, -0.25) is 0 Å². The van der Waals surface area contributed by atoms with Gasteiger partial charge in [0.1, 0.15) is 11.9 Å². The smallest absolute Gasteiger partial charge is 0.119 e. The summed E-state index contributed by atoms with van der Waals surface area (Å²) < 4.78 is 6.57. The second-order valence-corrected chi connectivity index (χ2v) is 5.74. The fraction of sp³-hybridized carbons (Fsp3) is 0.294. The normalized spacial score (nSPS) is 12.2. The Morgan fingerprint density at radius 2 is 1.85 bits per heavy atom. The average Bonchev–Trinajstić information content (AvgIpc) is 2.45. The Morgan fingerprint density at radius 3 is 2.45 bits per heavy atom. The van der Waals surface area contributed by atoms with E-state index in [9.17, 15) is 5.11 Å². The first-order valence-corrected chi connectivity index (χ1v) is 7.58. The molecular weight excluding hydrogens is 316 g/mol. The van der Waals surface area contributed by atoms with Crippen LogP contribution in [-0.2, 0) is 0 Å². The molecule has 0 aliphatic rings. The first kappa shape index (κ1) is 15.1. The summed E-state index contributed by atoms with van der Waals surface area (Å²) in [5, 5.41) is 10.5. The van der Waals surface area contributed by atoms with Gasteiger partial charge in [0.05, 0.1) is 6.61 Å². The predicted molar refractivity (Wildman–Crippen MR) is 85.2 cm³/mol. The largest absolute Gasteiger partial charge is 0.494 e. The molecular formula is C17H19BrO2. The van der Waals surface area contributed by atoms with Crippen molar-refractivity contribution < 1.29 is 9.84 Å². The molecule has 0 aliphatic carbocycles. The van der Waals surface area contributed by atoms with E-state index < -0.39 is 6.10 Å². The zero-order chi connectivity index (χ0) is 14.5. The quantitative estimate of drug-likeness (QED) is 0.863. The second kappa shape index (κ2) is 6.91. The summed E-state index contributed by atoms with van der Waals surface area (Å²) in [4.78, 5) is 0. The molecule has 0 fully saturated rings. The topological polar surface area (TPSA) is 29.5 Å². The van der Waals surface area contributed by atoms with Crippen molar-refractivity contribution in [2.24, 2.45) is 0 Å². The molecule has 0 aliphatic heterocycles. The van der Waals surface area contributed by atoms with Gasteiger partial charge < -0.3 is 9.84 Å². The SMILES string of the molecule is CCCOc1ccc(C(O)c2ccc(Br)cc2C)cc1. The molecule has 0 saturated heterocycles. The van der Waals surface area contributed by atoms with Crippen LogP contribution in [0.2, 0.25) is 0 Å². The lowest BCUT2D eigenvalue weighted by molar-refractivity contribution is 0.219. The van der Waals surface area contributed by atoms with Crippen LogP contribution in [0.3, 0.4) is 0 Å². The molecule has 106 valence electrons. The molecule has 2 aromatic carbocycles. The van der Waals surface area contributed by atoms with Gasteiger partial charge >= 0.3 is 0 Å². The minimum atomic E-state index is -0.608.